The Morgan fingerprint density at radius 3 is 2.00 bits per heavy atom. The van der Waals surface area contributed by atoms with Crippen LogP contribution in [0.2, 0.25) is 0 Å². The maximum absolute atomic E-state index is 10.3. The normalized spacial score (nSPS) is 11.0. The van der Waals surface area contributed by atoms with Crippen LogP contribution in [0.3, 0.4) is 0 Å². The smallest absolute Gasteiger partial charge is 0.218 e. The van der Waals surface area contributed by atoms with E-state index in [0.29, 0.717) is 0 Å². The van der Waals surface area contributed by atoms with Crippen LogP contribution in [0.5, 0.6) is 0 Å². The summed E-state index contributed by atoms with van der Waals surface area (Å²) < 4.78 is 0. The van der Waals surface area contributed by atoms with Gasteiger partial charge in [-0.05, 0) is 13.8 Å². The van der Waals surface area contributed by atoms with Crippen molar-refractivity contribution in [3.05, 3.63) is 0 Å². The van der Waals surface area contributed by atoms with Gasteiger partial charge in [0.1, 0.15) is 5.00 Å². The van der Waals surface area contributed by atoms with E-state index in [0.717, 1.165) is 0 Å². The molecule has 0 saturated heterocycles. The van der Waals surface area contributed by atoms with Gasteiger partial charge in [-0.3, -0.25) is 4.79 Å². The molecule has 48 valence electrons. The van der Waals surface area contributed by atoms with E-state index in [1.807, 2.05) is 0 Å². The summed E-state index contributed by atoms with van der Waals surface area (Å²) >= 11 is 5.60. The second-order valence-corrected chi connectivity index (χ2v) is 3.10. The van der Waals surface area contributed by atoms with Crippen LogP contribution in [0, 0.1) is 0 Å². The molecule has 0 unspecified atom stereocenters. The average molecular weight is 136 g/mol. The van der Waals surface area contributed by atoms with Crippen molar-refractivity contribution in [2.75, 3.05) is 0 Å². The van der Waals surface area contributed by atoms with Crippen LogP contribution in [-0.2, 0) is 4.79 Å². The van der Waals surface area contributed by atoms with Crippen molar-refractivity contribution in [3.8, 4) is 0 Å². The van der Waals surface area contributed by atoms with Gasteiger partial charge in [0.2, 0.25) is 5.91 Å². The molecule has 0 aromatic carbocycles. The second kappa shape index (κ2) is 2.35. The zero-order chi connectivity index (χ0) is 6.78. The Bertz CT molecular complexity index is 95.1. The number of halogens is 1. The minimum absolute atomic E-state index is 0.106. The molecule has 0 spiro atoms. The average Bonchev–Trinajstić information content (AvgIpc) is 1.21. The van der Waals surface area contributed by atoms with Crippen molar-refractivity contribution in [1.82, 2.24) is 5.32 Å². The fourth-order valence-electron chi connectivity index (χ4n) is 0.419. The van der Waals surface area contributed by atoms with Crippen molar-refractivity contribution in [2.24, 2.45) is 0 Å². The van der Waals surface area contributed by atoms with Gasteiger partial charge in [0.15, 0.2) is 0 Å². The third kappa shape index (κ3) is 5.76. The summed E-state index contributed by atoms with van der Waals surface area (Å²) in [6.07, 6.45) is 0. The zero-order valence-electron chi connectivity index (χ0n) is 5.29. The van der Waals surface area contributed by atoms with Crippen molar-refractivity contribution in [3.63, 3.8) is 0 Å². The standard InChI is InChI=1S/C5H10ClNO/c1-4(8)7-5(2,3)6/h1-3H3,(H,7,8). The summed E-state index contributed by atoms with van der Waals surface area (Å²) in [5.74, 6) is -0.106. The summed E-state index contributed by atoms with van der Waals surface area (Å²) in [7, 11) is 0. The lowest BCUT2D eigenvalue weighted by molar-refractivity contribution is -0.119. The highest BCUT2D eigenvalue weighted by Gasteiger charge is 2.12. The van der Waals surface area contributed by atoms with Gasteiger partial charge in [0, 0.05) is 6.92 Å². The van der Waals surface area contributed by atoms with Gasteiger partial charge in [0.05, 0.1) is 0 Å². The molecular formula is C5H10ClNO. The van der Waals surface area contributed by atoms with E-state index < -0.39 is 5.00 Å². The number of carbonyl (C=O) groups excluding carboxylic acids is 1. The van der Waals surface area contributed by atoms with Crippen LogP contribution in [0.4, 0.5) is 0 Å². The van der Waals surface area contributed by atoms with E-state index in [-0.39, 0.29) is 5.91 Å². The van der Waals surface area contributed by atoms with E-state index >= 15 is 0 Å². The van der Waals surface area contributed by atoms with Crippen molar-refractivity contribution < 1.29 is 4.79 Å². The molecule has 0 heterocycles. The summed E-state index contributed by atoms with van der Waals surface area (Å²) in [6, 6.07) is 0. The topological polar surface area (TPSA) is 29.1 Å². The molecule has 8 heavy (non-hydrogen) atoms. The van der Waals surface area contributed by atoms with Crippen LogP contribution in [0.1, 0.15) is 20.8 Å². The highest BCUT2D eigenvalue weighted by molar-refractivity contribution is 6.24. The van der Waals surface area contributed by atoms with Gasteiger partial charge in [-0.15, -0.1) is 0 Å². The third-order valence-corrected chi connectivity index (χ3v) is 0.568. The molecule has 1 N–H and O–H groups in total. The van der Waals surface area contributed by atoms with E-state index in [4.69, 9.17) is 11.6 Å². The fourth-order valence-corrected chi connectivity index (χ4v) is 0.552. The Kier molecular flexibility index (Phi) is 2.28. The van der Waals surface area contributed by atoms with E-state index in [2.05, 4.69) is 5.32 Å². The van der Waals surface area contributed by atoms with Crippen molar-refractivity contribution >= 4 is 17.5 Å². The Labute approximate surface area is 54.2 Å². The molecule has 0 fully saturated rings. The Balaban J connectivity index is 3.55. The molecule has 0 bridgehead atoms. The molecule has 2 nitrogen and oxygen atoms in total. The Morgan fingerprint density at radius 1 is 1.62 bits per heavy atom. The fraction of sp³-hybridized carbons (Fsp3) is 0.800. The van der Waals surface area contributed by atoms with Gasteiger partial charge < -0.3 is 5.32 Å². The van der Waals surface area contributed by atoms with E-state index in [9.17, 15) is 4.79 Å². The first-order valence-corrected chi connectivity index (χ1v) is 2.77. The molecule has 0 saturated carbocycles. The molecule has 0 radical (unpaired) electrons. The maximum atomic E-state index is 10.3. The lowest BCUT2D eigenvalue weighted by atomic mass is 10.4. The SMILES string of the molecule is CC(=O)NC(C)(C)Cl. The lowest BCUT2D eigenvalue weighted by Crippen LogP contribution is -2.36. The van der Waals surface area contributed by atoms with Crippen LogP contribution in [0.25, 0.3) is 0 Å². The molecule has 0 atom stereocenters. The number of hydrogen-bond donors (Lipinski definition) is 1. The van der Waals surface area contributed by atoms with Crippen molar-refractivity contribution in [1.29, 1.82) is 0 Å². The monoisotopic (exact) mass is 135 g/mol. The Morgan fingerprint density at radius 2 is 2.00 bits per heavy atom. The lowest BCUT2D eigenvalue weighted by Gasteiger charge is -2.15. The second-order valence-electron chi connectivity index (χ2n) is 2.15. The molecule has 0 aromatic rings. The molecule has 0 rings (SSSR count). The minimum Gasteiger partial charge on any atom is -0.338 e. The highest BCUT2D eigenvalue weighted by atomic mass is 35.5. The number of hydrogen-bond acceptors (Lipinski definition) is 1. The minimum atomic E-state index is -0.605. The molecule has 0 aromatic heterocycles. The first-order valence-electron chi connectivity index (χ1n) is 2.39. The highest BCUT2D eigenvalue weighted by Crippen LogP contribution is 2.05. The zero-order valence-corrected chi connectivity index (χ0v) is 6.04. The summed E-state index contributed by atoms with van der Waals surface area (Å²) in [5, 5.41) is 2.51. The molecule has 1 amide bonds. The molecule has 3 heteroatoms. The quantitative estimate of drug-likeness (QED) is 0.424. The number of carbonyl (C=O) groups is 1. The third-order valence-electron chi connectivity index (χ3n) is 0.473. The van der Waals surface area contributed by atoms with Gasteiger partial charge in [-0.25, -0.2) is 0 Å². The summed E-state index contributed by atoms with van der Waals surface area (Å²) in [4.78, 5) is 9.66. The predicted octanol–water partition coefficient (Wildman–Crippen LogP) is 1.10. The van der Waals surface area contributed by atoms with E-state index in [1.54, 1.807) is 13.8 Å². The molecule has 0 aliphatic heterocycles. The molecule has 0 aliphatic carbocycles. The largest absolute Gasteiger partial charge is 0.338 e. The number of rotatable bonds is 1. The number of nitrogens with one attached hydrogen (secondary N) is 1. The van der Waals surface area contributed by atoms with E-state index in [1.165, 1.54) is 6.92 Å². The van der Waals surface area contributed by atoms with Crippen molar-refractivity contribution in [2.45, 2.75) is 25.8 Å². The molecular weight excluding hydrogens is 126 g/mol. The molecule has 0 aliphatic rings. The summed E-state index contributed by atoms with van der Waals surface area (Å²) in [6.45, 7) is 4.87. The van der Waals surface area contributed by atoms with Gasteiger partial charge >= 0.3 is 0 Å². The van der Waals surface area contributed by atoms with Gasteiger partial charge in [-0.2, -0.15) is 0 Å². The van der Waals surface area contributed by atoms with Crippen LogP contribution >= 0.6 is 11.6 Å². The van der Waals surface area contributed by atoms with Gasteiger partial charge in [-0.1, -0.05) is 11.6 Å². The van der Waals surface area contributed by atoms with Crippen LogP contribution < -0.4 is 5.32 Å². The summed E-state index contributed by atoms with van der Waals surface area (Å²) in [5.41, 5.74) is 0. The predicted molar refractivity (Wildman–Crippen MR) is 33.7 cm³/mol. The first kappa shape index (κ1) is 7.76. The Hall–Kier alpha value is -0.240. The number of amides is 1. The van der Waals surface area contributed by atoms with Crippen LogP contribution in [0.15, 0.2) is 0 Å². The maximum Gasteiger partial charge on any atom is 0.218 e. The van der Waals surface area contributed by atoms with Gasteiger partial charge in [0.25, 0.3) is 0 Å². The van der Waals surface area contributed by atoms with Crippen LogP contribution in [-0.4, -0.2) is 10.9 Å². The first-order chi connectivity index (χ1) is 3.42. The number of alkyl halides is 1.